The molecule has 4 heterocycles. The van der Waals surface area contributed by atoms with Crippen LogP contribution >= 0.6 is 0 Å². The van der Waals surface area contributed by atoms with Crippen molar-refractivity contribution in [3.05, 3.63) is 66.8 Å². The number of amides is 2. The first kappa shape index (κ1) is 23.9. The number of carbonyl (C=O) groups excluding carboxylic acids is 3. The number of rotatable bonds is 4. The van der Waals surface area contributed by atoms with Crippen LogP contribution in [0.25, 0.3) is 10.8 Å². The van der Waals surface area contributed by atoms with Gasteiger partial charge in [-0.25, -0.2) is 0 Å². The summed E-state index contributed by atoms with van der Waals surface area (Å²) >= 11 is 0. The molecule has 8 heteroatoms. The fourth-order valence-corrected chi connectivity index (χ4v) is 6.65. The molecule has 6 rings (SSSR count). The molecule has 2 amide bonds. The molecule has 4 aliphatic rings. The topological polar surface area (TPSA) is 96.4 Å². The van der Waals surface area contributed by atoms with Crippen LogP contribution in [0.4, 0.5) is 5.69 Å². The van der Waals surface area contributed by atoms with E-state index in [2.05, 4.69) is 0 Å². The van der Waals surface area contributed by atoms with E-state index in [4.69, 9.17) is 9.47 Å². The summed E-state index contributed by atoms with van der Waals surface area (Å²) in [7, 11) is 0. The Balaban J connectivity index is 1.49. The average molecular weight is 503 g/mol. The third-order valence-corrected chi connectivity index (χ3v) is 8.29. The highest BCUT2D eigenvalue weighted by Gasteiger charge is 2.75. The Morgan fingerprint density at radius 2 is 1.81 bits per heavy atom. The second-order valence-electron chi connectivity index (χ2n) is 10.1. The molecule has 2 saturated heterocycles. The van der Waals surface area contributed by atoms with E-state index in [1.807, 2.05) is 67.6 Å². The SMILES string of the molecule is CC[C@]12C=CCCOC(=O)[C@H]1[C@H]1C(=O)N(CCO)C3C(=O)N(c4ccc5ccccc5c4)CC=C[C@@]31O2. The number of carbonyl (C=O) groups is 3. The molecule has 0 aromatic heterocycles. The number of aliphatic hydroxyl groups excluding tert-OH is 1. The first-order chi connectivity index (χ1) is 18.0. The molecule has 37 heavy (non-hydrogen) atoms. The molecule has 0 radical (unpaired) electrons. The maximum atomic E-state index is 14.3. The number of anilines is 1. The van der Waals surface area contributed by atoms with Gasteiger partial charge in [0.05, 0.1) is 19.1 Å². The summed E-state index contributed by atoms with van der Waals surface area (Å²) in [6, 6.07) is 12.7. The van der Waals surface area contributed by atoms with Gasteiger partial charge in [-0.05, 0) is 35.7 Å². The zero-order chi connectivity index (χ0) is 25.8. The van der Waals surface area contributed by atoms with Gasteiger partial charge in [-0.1, -0.05) is 61.6 Å². The predicted octanol–water partition coefficient (Wildman–Crippen LogP) is 2.60. The first-order valence-corrected chi connectivity index (χ1v) is 12.9. The summed E-state index contributed by atoms with van der Waals surface area (Å²) in [5, 5.41) is 11.9. The number of aliphatic hydroxyl groups is 1. The molecule has 0 saturated carbocycles. The quantitative estimate of drug-likeness (QED) is 0.510. The standard InChI is InChI=1S/C29H30N2O6/c1-2-28-12-5-6-17-36-27(35)23(28)22-25(33)31(15-16-32)24-26(34)30(14-7-13-29(22,24)37-28)21-11-10-19-8-3-4-9-20(19)18-21/h3-5,7-13,18,22-24,32H,2,6,14-17H2,1H3/t22-,23+,24?,28-,29-/m0/s1. The molecular weight excluding hydrogens is 472 g/mol. The average Bonchev–Trinajstić information content (AvgIpc) is 3.24. The van der Waals surface area contributed by atoms with Crippen molar-refractivity contribution >= 4 is 34.2 Å². The van der Waals surface area contributed by atoms with Gasteiger partial charge >= 0.3 is 5.97 Å². The number of hydrogen-bond donors (Lipinski definition) is 1. The Morgan fingerprint density at radius 3 is 2.59 bits per heavy atom. The third kappa shape index (κ3) is 3.39. The van der Waals surface area contributed by atoms with Crippen LogP contribution in [-0.4, -0.2) is 71.3 Å². The number of esters is 1. The smallest absolute Gasteiger partial charge is 0.313 e. The molecule has 0 aliphatic carbocycles. The van der Waals surface area contributed by atoms with Crippen LogP contribution in [0.3, 0.4) is 0 Å². The van der Waals surface area contributed by atoms with Crippen LogP contribution in [0, 0.1) is 11.8 Å². The van der Waals surface area contributed by atoms with Gasteiger partial charge in [0.1, 0.15) is 23.2 Å². The molecule has 2 fully saturated rings. The number of ether oxygens (including phenoxy) is 2. The number of likely N-dealkylation sites (tertiary alicyclic amines) is 1. The van der Waals surface area contributed by atoms with Crippen LogP contribution in [0.2, 0.25) is 0 Å². The predicted molar refractivity (Wildman–Crippen MR) is 137 cm³/mol. The lowest BCUT2D eigenvalue weighted by Gasteiger charge is -2.38. The molecule has 1 N–H and O–H groups in total. The molecule has 2 aromatic rings. The number of β-amino-alcohol motifs (C(OH)–C–C–N with tert-alkyl or cyclic N) is 1. The van der Waals surface area contributed by atoms with Crippen LogP contribution in [0.15, 0.2) is 66.8 Å². The summed E-state index contributed by atoms with van der Waals surface area (Å²) in [6.45, 7) is 2.09. The van der Waals surface area contributed by atoms with Gasteiger partial charge in [0.25, 0.3) is 5.91 Å². The van der Waals surface area contributed by atoms with E-state index in [0.717, 1.165) is 10.8 Å². The monoisotopic (exact) mass is 502 g/mol. The molecular formula is C29H30N2O6. The second-order valence-corrected chi connectivity index (χ2v) is 10.1. The number of nitrogens with zero attached hydrogens (tertiary/aromatic N) is 2. The fraction of sp³-hybridized carbons (Fsp3) is 0.414. The molecule has 1 spiro atoms. The van der Waals surface area contributed by atoms with Gasteiger partial charge in [0, 0.05) is 18.8 Å². The molecule has 8 nitrogen and oxygen atoms in total. The van der Waals surface area contributed by atoms with E-state index in [1.165, 1.54) is 4.90 Å². The van der Waals surface area contributed by atoms with Gasteiger partial charge in [0.2, 0.25) is 5.91 Å². The van der Waals surface area contributed by atoms with E-state index in [-0.39, 0.29) is 38.1 Å². The van der Waals surface area contributed by atoms with Gasteiger partial charge < -0.3 is 24.4 Å². The summed E-state index contributed by atoms with van der Waals surface area (Å²) in [4.78, 5) is 44.7. The Labute approximate surface area is 215 Å². The zero-order valence-electron chi connectivity index (χ0n) is 20.7. The van der Waals surface area contributed by atoms with Crippen molar-refractivity contribution in [3.8, 4) is 0 Å². The van der Waals surface area contributed by atoms with Gasteiger partial charge in [0.15, 0.2) is 0 Å². The van der Waals surface area contributed by atoms with E-state index in [0.29, 0.717) is 18.5 Å². The Morgan fingerprint density at radius 1 is 1.00 bits per heavy atom. The lowest BCUT2D eigenvalue weighted by molar-refractivity contribution is -0.160. The number of fused-ring (bicyclic) bond motifs is 3. The highest BCUT2D eigenvalue weighted by molar-refractivity contribution is 6.06. The minimum atomic E-state index is -1.36. The van der Waals surface area contributed by atoms with E-state index < -0.39 is 35.0 Å². The Bertz CT molecular complexity index is 1340. The van der Waals surface area contributed by atoms with Gasteiger partial charge in [-0.3, -0.25) is 14.4 Å². The summed E-state index contributed by atoms with van der Waals surface area (Å²) in [6.07, 6.45) is 8.47. The van der Waals surface area contributed by atoms with E-state index >= 15 is 0 Å². The number of hydrogen-bond acceptors (Lipinski definition) is 6. The first-order valence-electron chi connectivity index (χ1n) is 12.9. The Kier molecular flexibility index (Phi) is 5.69. The van der Waals surface area contributed by atoms with Gasteiger partial charge in [-0.2, -0.15) is 0 Å². The highest BCUT2D eigenvalue weighted by Crippen LogP contribution is 2.58. The molecule has 1 unspecified atom stereocenters. The molecule has 4 aliphatic heterocycles. The number of cyclic esters (lactones) is 1. The second kappa shape index (κ2) is 8.82. The van der Waals surface area contributed by atoms with E-state index in [9.17, 15) is 19.5 Å². The van der Waals surface area contributed by atoms with E-state index in [1.54, 1.807) is 11.0 Å². The van der Waals surface area contributed by atoms with Crippen LogP contribution in [-0.2, 0) is 23.9 Å². The van der Waals surface area contributed by atoms with Crippen LogP contribution < -0.4 is 4.90 Å². The van der Waals surface area contributed by atoms with Crippen molar-refractivity contribution in [1.82, 2.24) is 4.90 Å². The van der Waals surface area contributed by atoms with Crippen molar-refractivity contribution in [2.45, 2.75) is 37.0 Å². The summed E-state index contributed by atoms with van der Waals surface area (Å²) in [5.41, 5.74) is -1.72. The maximum Gasteiger partial charge on any atom is 0.313 e. The van der Waals surface area contributed by atoms with Crippen molar-refractivity contribution in [3.63, 3.8) is 0 Å². The van der Waals surface area contributed by atoms with Crippen molar-refractivity contribution < 1.29 is 29.0 Å². The van der Waals surface area contributed by atoms with Crippen LogP contribution in [0.1, 0.15) is 19.8 Å². The highest BCUT2D eigenvalue weighted by atomic mass is 16.6. The summed E-state index contributed by atoms with van der Waals surface area (Å²) in [5.74, 6) is -2.98. The third-order valence-electron chi connectivity index (χ3n) is 8.29. The minimum absolute atomic E-state index is 0.0347. The largest absolute Gasteiger partial charge is 0.465 e. The molecule has 0 bridgehead atoms. The summed E-state index contributed by atoms with van der Waals surface area (Å²) < 4.78 is 12.3. The van der Waals surface area contributed by atoms with Crippen molar-refractivity contribution in [2.24, 2.45) is 11.8 Å². The van der Waals surface area contributed by atoms with Crippen molar-refractivity contribution in [2.75, 3.05) is 31.2 Å². The minimum Gasteiger partial charge on any atom is -0.465 e. The van der Waals surface area contributed by atoms with Gasteiger partial charge in [-0.15, -0.1) is 0 Å². The maximum absolute atomic E-state index is 14.3. The van der Waals surface area contributed by atoms with Crippen molar-refractivity contribution in [1.29, 1.82) is 0 Å². The Hall–Kier alpha value is -3.49. The lowest BCUT2D eigenvalue weighted by Crippen LogP contribution is -2.56. The lowest BCUT2D eigenvalue weighted by atomic mass is 9.73. The molecule has 192 valence electrons. The molecule has 2 aromatic carbocycles. The zero-order valence-corrected chi connectivity index (χ0v) is 20.7. The van der Waals surface area contributed by atoms with Crippen LogP contribution in [0.5, 0.6) is 0 Å². The normalized spacial score (nSPS) is 33.0. The number of benzene rings is 2. The fourth-order valence-electron chi connectivity index (χ4n) is 6.65. The molecule has 5 atom stereocenters.